The molecule has 6 nitrogen and oxygen atoms in total. The molecule has 2 heterocycles. The van der Waals surface area contributed by atoms with Crippen molar-refractivity contribution < 1.29 is 22.7 Å². The lowest BCUT2D eigenvalue weighted by Gasteiger charge is -2.34. The first kappa shape index (κ1) is 17.6. The Balaban J connectivity index is 1.88. The summed E-state index contributed by atoms with van der Waals surface area (Å²) < 4.78 is 38.5. The van der Waals surface area contributed by atoms with Crippen molar-refractivity contribution in [3.05, 3.63) is 59.3 Å². The summed E-state index contributed by atoms with van der Waals surface area (Å²) in [4.78, 5) is 13.1. The number of allylic oxidation sites excluding steroid dienone is 1. The maximum atomic E-state index is 13.1. The Morgan fingerprint density at radius 1 is 1.04 bits per heavy atom. The molecule has 0 spiro atoms. The van der Waals surface area contributed by atoms with Gasteiger partial charge in [-0.05, 0) is 49.8 Å². The second kappa shape index (κ2) is 6.42. The lowest BCUT2D eigenvalue weighted by Crippen LogP contribution is -2.43. The second-order valence-corrected chi connectivity index (χ2v) is 8.44. The summed E-state index contributed by atoms with van der Waals surface area (Å²) in [6.45, 7) is 4.43. The van der Waals surface area contributed by atoms with Crippen LogP contribution in [0.25, 0.3) is 6.08 Å². The number of ketones is 1. The average Bonchev–Trinajstić information content (AvgIpc) is 2.65. The van der Waals surface area contributed by atoms with Crippen molar-refractivity contribution in [1.29, 1.82) is 0 Å². The zero-order valence-corrected chi connectivity index (χ0v) is 15.8. The summed E-state index contributed by atoms with van der Waals surface area (Å²) in [7, 11) is -3.81. The summed E-state index contributed by atoms with van der Waals surface area (Å²) >= 11 is 0. The van der Waals surface area contributed by atoms with Crippen LogP contribution in [0.4, 0.5) is 0 Å². The van der Waals surface area contributed by atoms with Gasteiger partial charge in [0.2, 0.25) is 5.78 Å². The lowest BCUT2D eigenvalue weighted by molar-refractivity contribution is 0.0996. The number of nitrogens with zero attached hydrogens (tertiary/aromatic N) is 1. The van der Waals surface area contributed by atoms with Gasteiger partial charge in [-0.3, -0.25) is 9.10 Å². The predicted molar refractivity (Wildman–Crippen MR) is 100 cm³/mol. The van der Waals surface area contributed by atoms with E-state index in [1.807, 2.05) is 0 Å². The van der Waals surface area contributed by atoms with E-state index in [4.69, 9.17) is 9.47 Å². The van der Waals surface area contributed by atoms with Crippen molar-refractivity contribution in [2.75, 3.05) is 13.2 Å². The van der Waals surface area contributed by atoms with Gasteiger partial charge >= 0.3 is 0 Å². The summed E-state index contributed by atoms with van der Waals surface area (Å²) in [5, 5.41) is 0. The van der Waals surface area contributed by atoms with Crippen molar-refractivity contribution in [2.45, 2.75) is 24.8 Å². The van der Waals surface area contributed by atoms with E-state index in [1.54, 1.807) is 56.3 Å². The van der Waals surface area contributed by atoms with Crippen LogP contribution in [0.5, 0.6) is 11.5 Å². The molecule has 0 saturated carbocycles. The summed E-state index contributed by atoms with van der Waals surface area (Å²) in [5.74, 6) is 0.902. The molecule has 0 bridgehead atoms. The quantitative estimate of drug-likeness (QED) is 0.743. The molecule has 4 rings (SSSR count). The second-order valence-electron chi connectivity index (χ2n) is 6.65. The van der Waals surface area contributed by atoms with Gasteiger partial charge in [0.15, 0.2) is 11.5 Å². The number of rotatable bonds is 2. The average molecular weight is 385 g/mol. The van der Waals surface area contributed by atoms with Crippen LogP contribution in [0.15, 0.2) is 53.1 Å². The third kappa shape index (κ3) is 2.88. The highest BCUT2D eigenvalue weighted by Crippen LogP contribution is 2.36. The molecule has 2 aliphatic rings. The van der Waals surface area contributed by atoms with Crippen LogP contribution in [0.2, 0.25) is 0 Å². The number of hydrogen-bond donors (Lipinski definition) is 0. The number of fused-ring (bicyclic) bond motifs is 2. The first-order valence-corrected chi connectivity index (χ1v) is 10.1. The van der Waals surface area contributed by atoms with E-state index in [9.17, 15) is 13.2 Å². The minimum Gasteiger partial charge on any atom is -0.486 e. The lowest BCUT2D eigenvalue weighted by atomic mass is 10.0. The fourth-order valence-electron chi connectivity index (χ4n) is 3.35. The van der Waals surface area contributed by atoms with Gasteiger partial charge in [0, 0.05) is 11.6 Å². The number of sulfonamides is 1. The van der Waals surface area contributed by atoms with Gasteiger partial charge in [-0.15, -0.1) is 0 Å². The van der Waals surface area contributed by atoms with E-state index in [0.717, 1.165) is 0 Å². The summed E-state index contributed by atoms with van der Waals surface area (Å²) in [6.07, 6.45) is 1.59. The number of hydrogen-bond acceptors (Lipinski definition) is 5. The zero-order chi connectivity index (χ0) is 19.2. The molecule has 0 unspecified atom stereocenters. The summed E-state index contributed by atoms with van der Waals surface area (Å²) in [6, 6.07) is 11.2. The highest BCUT2D eigenvalue weighted by Gasteiger charge is 2.40. The van der Waals surface area contributed by atoms with Crippen LogP contribution in [-0.4, -0.2) is 37.8 Å². The number of carbonyl (C=O) groups excluding carboxylic acids is 1. The predicted octanol–water partition coefficient (Wildman–Crippen LogP) is 3.09. The van der Waals surface area contributed by atoms with E-state index in [-0.39, 0.29) is 21.9 Å². The molecule has 2 aromatic carbocycles. The van der Waals surface area contributed by atoms with Gasteiger partial charge in [0.05, 0.1) is 4.90 Å². The van der Waals surface area contributed by atoms with Gasteiger partial charge in [-0.25, -0.2) is 8.42 Å². The molecule has 0 aromatic heterocycles. The summed E-state index contributed by atoms with van der Waals surface area (Å²) in [5.41, 5.74) is 0.987. The highest BCUT2D eigenvalue weighted by atomic mass is 32.2. The monoisotopic (exact) mass is 385 g/mol. The van der Waals surface area contributed by atoms with E-state index in [0.29, 0.717) is 30.3 Å². The Hall–Kier alpha value is -2.80. The Labute approximate surface area is 158 Å². The van der Waals surface area contributed by atoms with E-state index in [2.05, 4.69) is 0 Å². The molecule has 0 aliphatic carbocycles. The molecule has 0 amide bonds. The maximum Gasteiger partial charge on any atom is 0.265 e. The molecule has 0 atom stereocenters. The van der Waals surface area contributed by atoms with E-state index < -0.39 is 16.1 Å². The van der Waals surface area contributed by atoms with Crippen molar-refractivity contribution in [3.63, 3.8) is 0 Å². The van der Waals surface area contributed by atoms with Crippen LogP contribution in [-0.2, 0) is 10.0 Å². The fraction of sp³-hybridized carbons (Fsp3) is 0.250. The Bertz CT molecular complexity index is 1060. The molecule has 7 heteroatoms. The van der Waals surface area contributed by atoms with Crippen molar-refractivity contribution in [3.8, 4) is 11.5 Å². The normalized spacial score (nSPS) is 19.3. The molecule has 140 valence electrons. The molecule has 0 fully saturated rings. The van der Waals surface area contributed by atoms with E-state index >= 15 is 0 Å². The third-order valence-electron chi connectivity index (χ3n) is 4.48. The molecule has 0 saturated heterocycles. The fourth-order valence-corrected chi connectivity index (χ4v) is 5.20. The molecular weight excluding hydrogens is 366 g/mol. The van der Waals surface area contributed by atoms with Crippen LogP contribution in [0, 0.1) is 0 Å². The van der Waals surface area contributed by atoms with Crippen LogP contribution < -0.4 is 9.47 Å². The van der Waals surface area contributed by atoms with E-state index in [1.165, 1.54) is 10.4 Å². The highest BCUT2D eigenvalue weighted by molar-refractivity contribution is 7.89. The van der Waals surface area contributed by atoms with Crippen molar-refractivity contribution in [1.82, 2.24) is 4.31 Å². The molecular formula is C20H19NO5S. The smallest absolute Gasteiger partial charge is 0.265 e. The Morgan fingerprint density at radius 2 is 1.74 bits per heavy atom. The third-order valence-corrected chi connectivity index (χ3v) is 6.53. The molecule has 0 radical (unpaired) electrons. The largest absolute Gasteiger partial charge is 0.486 e. The standard InChI is InChI=1S/C20H19NO5S/c1-13(2)21-16(11-14-7-8-17-18(12-14)26-10-9-25-17)20(22)15-5-3-4-6-19(15)27(21,23)24/h3-8,11-13H,9-10H2,1-2H3. The van der Waals surface area contributed by atoms with Crippen molar-refractivity contribution >= 4 is 21.9 Å². The minimum absolute atomic E-state index is 0.0445. The SMILES string of the molecule is CC(C)N1C(=Cc2ccc3c(c2)OCCO3)C(=O)c2ccccc2S1(=O)=O. The molecule has 2 aromatic rings. The zero-order valence-electron chi connectivity index (χ0n) is 15.0. The Kier molecular flexibility index (Phi) is 4.19. The van der Waals surface area contributed by atoms with Gasteiger partial charge in [0.1, 0.15) is 18.9 Å². The first-order chi connectivity index (χ1) is 12.9. The maximum absolute atomic E-state index is 13.1. The number of benzene rings is 2. The van der Waals surface area contributed by atoms with Gasteiger partial charge < -0.3 is 9.47 Å². The number of carbonyl (C=O) groups is 1. The van der Waals surface area contributed by atoms with Crippen molar-refractivity contribution in [2.24, 2.45) is 0 Å². The minimum atomic E-state index is -3.81. The van der Waals surface area contributed by atoms with Crippen LogP contribution in [0.3, 0.4) is 0 Å². The Morgan fingerprint density at radius 3 is 2.48 bits per heavy atom. The van der Waals surface area contributed by atoms with Crippen LogP contribution >= 0.6 is 0 Å². The number of Topliss-reactive ketones (excluding diaryl/α,β-unsaturated/α-hetero) is 1. The van der Waals surface area contributed by atoms with Gasteiger partial charge in [0.25, 0.3) is 10.0 Å². The topological polar surface area (TPSA) is 72.9 Å². The first-order valence-electron chi connectivity index (χ1n) is 8.69. The van der Waals surface area contributed by atoms with Gasteiger partial charge in [-0.1, -0.05) is 18.2 Å². The molecule has 27 heavy (non-hydrogen) atoms. The molecule has 2 aliphatic heterocycles. The number of ether oxygens (including phenoxy) is 2. The van der Waals surface area contributed by atoms with Gasteiger partial charge in [-0.2, -0.15) is 0 Å². The molecule has 0 N–H and O–H groups in total. The van der Waals surface area contributed by atoms with Crippen LogP contribution in [0.1, 0.15) is 29.8 Å².